The third kappa shape index (κ3) is 6.26. The number of hydrogen-bond donors (Lipinski definition) is 0. The van der Waals surface area contributed by atoms with Crippen molar-refractivity contribution in [1.82, 2.24) is 4.98 Å². The average molecular weight is 484 g/mol. The number of carbonyl (C=O) groups excluding carboxylic acids is 2. The van der Waals surface area contributed by atoms with Crippen molar-refractivity contribution in [3.63, 3.8) is 0 Å². The van der Waals surface area contributed by atoms with E-state index in [4.69, 9.17) is 14.2 Å². The number of ether oxygens (including phenoxy) is 3. The number of piperidine rings is 1. The van der Waals surface area contributed by atoms with Gasteiger partial charge in [0.1, 0.15) is 17.6 Å². The quantitative estimate of drug-likeness (QED) is 0.299. The Morgan fingerprint density at radius 2 is 1.77 bits per heavy atom. The van der Waals surface area contributed by atoms with Gasteiger partial charge in [0.15, 0.2) is 0 Å². The van der Waals surface area contributed by atoms with Gasteiger partial charge in [0.05, 0.1) is 11.5 Å². The zero-order valence-electron chi connectivity index (χ0n) is 19.7. The Bertz CT molecular complexity index is 1060. The Balaban J connectivity index is 1.42. The molecule has 1 aliphatic carbocycles. The number of hydrogen-bond acceptors (Lipinski definition) is 9. The van der Waals surface area contributed by atoms with Gasteiger partial charge in [0, 0.05) is 50.9 Å². The molecule has 10 heteroatoms. The predicted octanol–water partition coefficient (Wildman–Crippen LogP) is 5.15. The molecule has 35 heavy (non-hydrogen) atoms. The van der Waals surface area contributed by atoms with Crippen LogP contribution in [0.3, 0.4) is 0 Å². The molecule has 2 aromatic rings. The highest BCUT2D eigenvalue weighted by Crippen LogP contribution is 2.34. The molecule has 0 radical (unpaired) electrons. The molecule has 0 amide bonds. The lowest BCUT2D eigenvalue weighted by Crippen LogP contribution is -2.38. The van der Waals surface area contributed by atoms with E-state index in [1.807, 2.05) is 29.2 Å². The van der Waals surface area contributed by atoms with Gasteiger partial charge in [0.2, 0.25) is 11.7 Å². The summed E-state index contributed by atoms with van der Waals surface area (Å²) in [7, 11) is 0. The highest BCUT2D eigenvalue weighted by Gasteiger charge is 2.29. The summed E-state index contributed by atoms with van der Waals surface area (Å²) < 4.78 is 16.0. The Morgan fingerprint density at radius 3 is 2.40 bits per heavy atom. The van der Waals surface area contributed by atoms with Crippen molar-refractivity contribution in [2.75, 3.05) is 24.6 Å². The molecule has 1 aromatic carbocycles. The van der Waals surface area contributed by atoms with E-state index in [0.29, 0.717) is 56.2 Å². The number of anilines is 1. The van der Waals surface area contributed by atoms with Gasteiger partial charge in [0.25, 0.3) is 0 Å². The Kier molecular flexibility index (Phi) is 7.79. The van der Waals surface area contributed by atoms with E-state index in [2.05, 4.69) is 4.98 Å². The van der Waals surface area contributed by atoms with Gasteiger partial charge >= 0.3 is 11.8 Å². The van der Waals surface area contributed by atoms with E-state index in [9.17, 15) is 19.7 Å². The van der Waals surface area contributed by atoms with E-state index in [1.165, 1.54) is 17.7 Å². The largest absolute Gasteiger partial charge is 0.508 e. The van der Waals surface area contributed by atoms with Gasteiger partial charge in [-0.15, -0.1) is 0 Å². The molecule has 0 unspecified atom stereocenters. The Labute approximate surface area is 203 Å². The second kappa shape index (κ2) is 11.2. The second-order valence-corrected chi connectivity index (χ2v) is 8.72. The van der Waals surface area contributed by atoms with Crippen molar-refractivity contribution < 1.29 is 28.7 Å². The zero-order chi connectivity index (χ0) is 24.8. The molecule has 1 aromatic heterocycles. The number of rotatable bonds is 7. The molecule has 186 valence electrons. The molecule has 10 nitrogen and oxygen atoms in total. The molecular weight excluding hydrogens is 454 g/mol. The van der Waals surface area contributed by atoms with Gasteiger partial charge in [-0.3, -0.25) is 14.9 Å². The normalized spacial score (nSPS) is 17.2. The minimum atomic E-state index is -0.701. The van der Waals surface area contributed by atoms with E-state index in [0.717, 1.165) is 12.8 Å². The number of benzene rings is 1. The van der Waals surface area contributed by atoms with Crippen molar-refractivity contribution in [3.8, 4) is 11.6 Å². The summed E-state index contributed by atoms with van der Waals surface area (Å²) >= 11 is 0. The van der Waals surface area contributed by atoms with Gasteiger partial charge in [-0.05, 0) is 43.4 Å². The summed E-state index contributed by atoms with van der Waals surface area (Å²) in [5.74, 6) is 1.77. The summed E-state index contributed by atoms with van der Waals surface area (Å²) in [6.45, 7) is 2.84. The monoisotopic (exact) mass is 483 g/mol. The number of ketones is 1. The summed E-state index contributed by atoms with van der Waals surface area (Å²) in [5, 5.41) is 11.6. The first-order valence-corrected chi connectivity index (χ1v) is 12.0. The second-order valence-electron chi connectivity index (χ2n) is 8.72. The van der Waals surface area contributed by atoms with E-state index in [-0.39, 0.29) is 30.1 Å². The van der Waals surface area contributed by atoms with Crippen molar-refractivity contribution in [2.24, 2.45) is 0 Å². The van der Waals surface area contributed by atoms with Crippen LogP contribution >= 0.6 is 0 Å². The van der Waals surface area contributed by atoms with Crippen LogP contribution in [0.4, 0.5) is 16.3 Å². The maximum Gasteiger partial charge on any atom is 0.508 e. The molecule has 0 atom stereocenters. The van der Waals surface area contributed by atoms with Crippen LogP contribution in [-0.2, 0) is 14.3 Å². The molecule has 1 saturated heterocycles. The van der Waals surface area contributed by atoms with Gasteiger partial charge in [-0.1, -0.05) is 12.1 Å². The van der Waals surface area contributed by atoms with Gasteiger partial charge in [-0.2, -0.15) is 4.98 Å². The zero-order valence-corrected chi connectivity index (χ0v) is 19.7. The van der Waals surface area contributed by atoms with Crippen molar-refractivity contribution >= 4 is 23.4 Å². The van der Waals surface area contributed by atoms with Crippen molar-refractivity contribution in [2.45, 2.75) is 57.5 Å². The molecule has 0 spiro atoms. The summed E-state index contributed by atoms with van der Waals surface area (Å²) in [5.41, 5.74) is 1.07. The maximum absolute atomic E-state index is 11.6. The van der Waals surface area contributed by atoms with Crippen LogP contribution in [0.15, 0.2) is 36.4 Å². The molecule has 2 fully saturated rings. The minimum Gasteiger partial charge on any atom is -0.439 e. The Hall–Kier alpha value is -3.69. The lowest BCUT2D eigenvalue weighted by atomic mass is 9.83. The van der Waals surface area contributed by atoms with Gasteiger partial charge < -0.3 is 19.1 Å². The van der Waals surface area contributed by atoms with E-state index in [1.54, 1.807) is 6.92 Å². The fourth-order valence-corrected chi connectivity index (χ4v) is 4.53. The molecule has 1 aliphatic heterocycles. The standard InChI is InChI=1S/C25H29N3O7/c1-2-33-25(30)35-21-13-15-27(16-14-21)24-22(28(31)32)11-12-23(26-24)34-20-9-5-18(6-10-20)17-3-7-19(29)8-4-17/h5-6,9-12,17,21H,2-4,7-8,13-16H2,1H3. The first-order valence-electron chi connectivity index (χ1n) is 12.0. The van der Waals surface area contributed by atoms with Crippen LogP contribution in [0.5, 0.6) is 11.6 Å². The number of carbonyl (C=O) groups is 2. The van der Waals surface area contributed by atoms with E-state index < -0.39 is 11.1 Å². The van der Waals surface area contributed by atoms with Crippen LogP contribution in [-0.4, -0.2) is 47.6 Å². The smallest absolute Gasteiger partial charge is 0.439 e. The lowest BCUT2D eigenvalue weighted by Gasteiger charge is -2.31. The Morgan fingerprint density at radius 1 is 1.09 bits per heavy atom. The molecule has 0 bridgehead atoms. The SMILES string of the molecule is CCOC(=O)OC1CCN(c2nc(Oc3ccc(C4CCC(=O)CC4)cc3)ccc2[N+](=O)[O-])CC1. The van der Waals surface area contributed by atoms with Crippen LogP contribution in [0.1, 0.15) is 56.9 Å². The molecule has 4 rings (SSSR count). The molecule has 0 N–H and O–H groups in total. The number of nitro groups is 1. The fourth-order valence-electron chi connectivity index (χ4n) is 4.53. The third-order valence-corrected chi connectivity index (χ3v) is 6.41. The first kappa shape index (κ1) is 24.4. The van der Waals surface area contributed by atoms with Crippen LogP contribution in [0, 0.1) is 10.1 Å². The van der Waals surface area contributed by atoms with Crippen LogP contribution in [0.25, 0.3) is 0 Å². The third-order valence-electron chi connectivity index (χ3n) is 6.41. The topological polar surface area (TPSA) is 121 Å². The minimum absolute atomic E-state index is 0.107. The number of pyridine rings is 1. The molecule has 1 saturated carbocycles. The van der Waals surface area contributed by atoms with E-state index >= 15 is 0 Å². The molecular formula is C25H29N3O7. The summed E-state index contributed by atoms with van der Waals surface area (Å²) in [6.07, 6.45) is 3.02. The summed E-state index contributed by atoms with van der Waals surface area (Å²) in [4.78, 5) is 40.5. The van der Waals surface area contributed by atoms with Crippen LogP contribution < -0.4 is 9.64 Å². The number of nitrogens with zero attached hydrogens (tertiary/aromatic N) is 3. The fraction of sp³-hybridized carbons (Fsp3) is 0.480. The molecule has 2 heterocycles. The average Bonchev–Trinajstić information content (AvgIpc) is 2.85. The predicted molar refractivity (Wildman–Crippen MR) is 127 cm³/mol. The van der Waals surface area contributed by atoms with Crippen LogP contribution in [0.2, 0.25) is 0 Å². The highest BCUT2D eigenvalue weighted by atomic mass is 16.7. The lowest BCUT2D eigenvalue weighted by molar-refractivity contribution is -0.384. The number of Topliss-reactive ketones (excluding diaryl/α,β-unsaturated/α-hetero) is 1. The molecule has 2 aliphatic rings. The first-order chi connectivity index (χ1) is 16.9. The maximum atomic E-state index is 11.6. The highest BCUT2D eigenvalue weighted by molar-refractivity contribution is 5.79. The van der Waals surface area contributed by atoms with Gasteiger partial charge in [-0.25, -0.2) is 4.79 Å². The summed E-state index contributed by atoms with van der Waals surface area (Å²) in [6, 6.07) is 10.6. The van der Waals surface area contributed by atoms with Crippen molar-refractivity contribution in [1.29, 1.82) is 0 Å². The van der Waals surface area contributed by atoms with Crippen molar-refractivity contribution in [3.05, 3.63) is 52.1 Å². The number of aromatic nitrogens is 1.